The number of aliphatic hydroxyl groups is 1. The minimum Gasteiger partial charge on any atom is -0.497 e. The summed E-state index contributed by atoms with van der Waals surface area (Å²) in [5, 5.41) is 18.0. The van der Waals surface area contributed by atoms with E-state index < -0.39 is 52.4 Å². The van der Waals surface area contributed by atoms with Crippen LogP contribution in [-0.4, -0.2) is 78.9 Å². The van der Waals surface area contributed by atoms with Crippen molar-refractivity contribution in [1.82, 2.24) is 19.9 Å². The maximum atomic E-state index is 14.0. The summed E-state index contributed by atoms with van der Waals surface area (Å²) in [7, 11) is -2.64. The average Bonchev–Trinajstić information content (AvgIpc) is 3.19. The summed E-state index contributed by atoms with van der Waals surface area (Å²) in [6, 6.07) is 28.8. The Kier molecular flexibility index (Phi) is 15.0. The smallest absolute Gasteiger partial charge is 0.270 e. The Hall–Kier alpha value is -5.10. The van der Waals surface area contributed by atoms with Crippen LogP contribution in [-0.2, 0) is 32.6 Å². The molecule has 0 spiro atoms. The number of pyridine rings is 1. The van der Waals surface area contributed by atoms with Crippen LogP contribution < -0.4 is 25.8 Å². The molecule has 1 aromatic heterocycles. The van der Waals surface area contributed by atoms with Crippen molar-refractivity contribution in [2.24, 2.45) is 11.7 Å². The number of rotatable bonds is 19. The van der Waals surface area contributed by atoms with Gasteiger partial charge in [0.25, 0.3) is 5.91 Å². The van der Waals surface area contributed by atoms with Crippen LogP contribution >= 0.6 is 22.6 Å². The number of benzene rings is 4. The molecule has 15 heteroatoms. The zero-order chi connectivity index (χ0) is 41.1. The molecular formula is C42H46IN5O8S. The molecule has 3 atom stereocenters. The van der Waals surface area contributed by atoms with Crippen LogP contribution in [0.1, 0.15) is 41.9 Å². The first-order valence-corrected chi connectivity index (χ1v) is 20.8. The molecule has 3 amide bonds. The molecule has 57 heavy (non-hydrogen) atoms. The van der Waals surface area contributed by atoms with Gasteiger partial charge in [-0.15, -0.1) is 0 Å². The molecule has 4 aromatic carbocycles. The number of amides is 3. The molecule has 0 radical (unpaired) electrons. The monoisotopic (exact) mass is 907 g/mol. The molecule has 5 N–H and O–H groups in total. The number of fused-ring (bicyclic) bond motifs is 1. The van der Waals surface area contributed by atoms with E-state index in [1.165, 1.54) is 41.7 Å². The molecule has 0 bridgehead atoms. The molecule has 0 aliphatic rings. The van der Waals surface area contributed by atoms with Gasteiger partial charge in [-0.25, -0.2) is 13.4 Å². The maximum Gasteiger partial charge on any atom is 0.270 e. The van der Waals surface area contributed by atoms with E-state index in [1.54, 1.807) is 42.5 Å². The van der Waals surface area contributed by atoms with Crippen LogP contribution in [0.2, 0.25) is 0 Å². The Bertz CT molecular complexity index is 2270. The van der Waals surface area contributed by atoms with E-state index in [1.807, 2.05) is 50.2 Å². The molecule has 0 saturated heterocycles. The highest BCUT2D eigenvalue weighted by Crippen LogP contribution is 2.23. The predicted octanol–water partition coefficient (Wildman–Crippen LogP) is 4.84. The first-order chi connectivity index (χ1) is 27.2. The zero-order valence-electron chi connectivity index (χ0n) is 31.8. The lowest BCUT2D eigenvalue weighted by Gasteiger charge is -2.31. The normalized spacial score (nSPS) is 13.2. The number of hydrogen-bond acceptors (Lipinski definition) is 9. The second kappa shape index (κ2) is 19.9. The van der Waals surface area contributed by atoms with Crippen molar-refractivity contribution in [1.29, 1.82) is 0 Å². The minimum absolute atomic E-state index is 0.00375. The number of carbonyl (C=O) groups is 3. The summed E-state index contributed by atoms with van der Waals surface area (Å²) >= 11 is 2.25. The van der Waals surface area contributed by atoms with Crippen molar-refractivity contribution in [2.45, 2.75) is 56.4 Å². The van der Waals surface area contributed by atoms with Crippen molar-refractivity contribution in [3.05, 3.63) is 130 Å². The summed E-state index contributed by atoms with van der Waals surface area (Å²) in [5.74, 6) is -1.42. The second-order valence-electron chi connectivity index (χ2n) is 13.9. The number of aliphatic hydroxyl groups excluding tert-OH is 1. The van der Waals surface area contributed by atoms with Crippen molar-refractivity contribution >= 4 is 61.2 Å². The summed E-state index contributed by atoms with van der Waals surface area (Å²) in [6.07, 6.45) is -1.96. The number of hydrogen-bond donors (Lipinski definition) is 4. The Morgan fingerprint density at radius 2 is 1.53 bits per heavy atom. The Morgan fingerprint density at radius 1 is 0.860 bits per heavy atom. The number of methoxy groups -OCH3 is 1. The summed E-state index contributed by atoms with van der Waals surface area (Å²) in [6.45, 7) is 3.74. The number of nitrogens with zero attached hydrogens (tertiary/aromatic N) is 2. The van der Waals surface area contributed by atoms with Crippen LogP contribution in [0.3, 0.4) is 0 Å². The van der Waals surface area contributed by atoms with Crippen LogP contribution in [0.4, 0.5) is 0 Å². The van der Waals surface area contributed by atoms with Gasteiger partial charge >= 0.3 is 0 Å². The lowest BCUT2D eigenvalue weighted by Crippen LogP contribution is -2.56. The maximum absolute atomic E-state index is 14.0. The van der Waals surface area contributed by atoms with Gasteiger partial charge in [0.1, 0.15) is 29.8 Å². The molecule has 5 aromatic rings. The minimum atomic E-state index is -4.12. The third kappa shape index (κ3) is 12.0. The molecule has 300 valence electrons. The average molecular weight is 908 g/mol. The van der Waals surface area contributed by atoms with E-state index in [4.69, 9.17) is 15.2 Å². The standard InChI is InChI=1S/C42H46IN5O8S/c1-27(2)24-48(57(53,54)33-19-17-31(55-3)18-20-33)25-39(49)37(22-28-12-15-32(16-13-28)56-26-30-9-4-6-10-34(30)43)46-42(52)38(23-40(44)50)47-41(51)36-21-14-29-8-5-7-11-35(29)45-36/h4-21,27,37-39,49H,22-26H2,1-3H3,(H2,44,50)(H,46,52)(H,47,51)/t37-,38-,39+/m0/s1. The number of aromatic nitrogens is 1. The number of sulfonamides is 1. The fraction of sp³-hybridized carbons (Fsp3) is 0.286. The van der Waals surface area contributed by atoms with Gasteiger partial charge in [-0.3, -0.25) is 14.4 Å². The van der Waals surface area contributed by atoms with Crippen LogP contribution in [0, 0.1) is 9.49 Å². The van der Waals surface area contributed by atoms with Crippen molar-refractivity contribution in [3.8, 4) is 11.5 Å². The Balaban J connectivity index is 1.40. The Morgan fingerprint density at radius 3 is 2.19 bits per heavy atom. The molecule has 0 aliphatic carbocycles. The molecular weight excluding hydrogens is 861 g/mol. The molecule has 0 saturated carbocycles. The first-order valence-electron chi connectivity index (χ1n) is 18.3. The van der Waals surface area contributed by atoms with Gasteiger partial charge in [0.15, 0.2) is 0 Å². The molecule has 0 unspecified atom stereocenters. The topological polar surface area (TPSA) is 190 Å². The van der Waals surface area contributed by atoms with E-state index in [0.29, 0.717) is 29.2 Å². The quantitative estimate of drug-likeness (QED) is 0.0841. The van der Waals surface area contributed by atoms with E-state index >= 15 is 0 Å². The lowest BCUT2D eigenvalue weighted by molar-refractivity contribution is -0.128. The van der Waals surface area contributed by atoms with E-state index in [2.05, 4.69) is 38.2 Å². The number of halogens is 1. The van der Waals surface area contributed by atoms with Gasteiger partial charge in [0.2, 0.25) is 21.8 Å². The highest BCUT2D eigenvalue weighted by atomic mass is 127. The van der Waals surface area contributed by atoms with Gasteiger partial charge in [-0.2, -0.15) is 4.31 Å². The predicted molar refractivity (Wildman–Crippen MR) is 225 cm³/mol. The zero-order valence-corrected chi connectivity index (χ0v) is 34.8. The number of primary amides is 1. The van der Waals surface area contributed by atoms with Gasteiger partial charge < -0.3 is 30.9 Å². The summed E-state index contributed by atoms with van der Waals surface area (Å²) in [4.78, 5) is 43.9. The van der Waals surface area contributed by atoms with Gasteiger partial charge in [-0.05, 0) is 95.1 Å². The molecule has 0 aliphatic heterocycles. The lowest BCUT2D eigenvalue weighted by atomic mass is 9.99. The van der Waals surface area contributed by atoms with E-state index in [9.17, 15) is 27.9 Å². The fourth-order valence-corrected chi connectivity index (χ4v) is 8.23. The SMILES string of the molecule is COc1ccc(S(=O)(=O)N(CC(C)C)C[C@@H](O)[C@H](Cc2ccc(OCc3ccccc3I)cc2)NC(=O)[C@H](CC(N)=O)NC(=O)c2ccc3ccccc3n2)cc1. The number of nitrogens with one attached hydrogen (secondary N) is 2. The molecule has 1 heterocycles. The molecule has 5 rings (SSSR count). The van der Waals surface area contributed by atoms with Crippen LogP contribution in [0.15, 0.2) is 114 Å². The number of carbonyl (C=O) groups excluding carboxylic acids is 3. The number of nitrogens with two attached hydrogens (primary N) is 1. The van der Waals surface area contributed by atoms with Crippen molar-refractivity contribution in [2.75, 3.05) is 20.2 Å². The van der Waals surface area contributed by atoms with E-state index in [0.717, 1.165) is 14.5 Å². The van der Waals surface area contributed by atoms with Crippen molar-refractivity contribution in [3.63, 3.8) is 0 Å². The molecule has 13 nitrogen and oxygen atoms in total. The number of ether oxygens (including phenoxy) is 2. The van der Waals surface area contributed by atoms with Gasteiger partial charge in [-0.1, -0.05) is 68.4 Å². The second-order valence-corrected chi connectivity index (χ2v) is 17.0. The van der Waals surface area contributed by atoms with Gasteiger partial charge in [0.05, 0.1) is 36.1 Å². The van der Waals surface area contributed by atoms with Crippen LogP contribution in [0.5, 0.6) is 11.5 Å². The third-order valence-corrected chi connectivity index (χ3v) is 11.9. The van der Waals surface area contributed by atoms with Crippen molar-refractivity contribution < 1.29 is 37.4 Å². The fourth-order valence-electron chi connectivity index (χ4n) is 6.06. The first kappa shape index (κ1) is 43.0. The largest absolute Gasteiger partial charge is 0.497 e. The van der Waals surface area contributed by atoms with E-state index in [-0.39, 0.29) is 36.0 Å². The third-order valence-electron chi connectivity index (χ3n) is 9.04. The highest BCUT2D eigenvalue weighted by Gasteiger charge is 2.33. The number of para-hydroxylation sites is 1. The van der Waals surface area contributed by atoms with Crippen LogP contribution in [0.25, 0.3) is 10.9 Å². The molecule has 0 fully saturated rings. The Labute approximate surface area is 346 Å². The summed E-state index contributed by atoms with van der Waals surface area (Å²) < 4.78 is 41.4. The highest BCUT2D eigenvalue weighted by molar-refractivity contribution is 14.1. The summed E-state index contributed by atoms with van der Waals surface area (Å²) in [5.41, 5.74) is 7.81. The van der Waals surface area contributed by atoms with Gasteiger partial charge in [0, 0.05) is 27.6 Å².